The number of thiazole rings is 1. The van der Waals surface area contributed by atoms with E-state index in [2.05, 4.69) is 10.3 Å². The summed E-state index contributed by atoms with van der Waals surface area (Å²) in [5.74, 6) is 0.527. The number of carbonyl (C=O) groups excluding carboxylic acids is 2. The fourth-order valence-electron chi connectivity index (χ4n) is 3.49. The number of amides is 2. The summed E-state index contributed by atoms with van der Waals surface area (Å²) in [4.78, 5) is 32.1. The van der Waals surface area contributed by atoms with Crippen LogP contribution in [0, 0.1) is 6.92 Å². The smallest absolute Gasteiger partial charge is 0.410 e. The van der Waals surface area contributed by atoms with Gasteiger partial charge in [0.25, 0.3) is 0 Å². The number of aryl methyl sites for hydroxylation is 1. The fraction of sp³-hybridized carbons (Fsp3) is 0.500. The molecule has 162 valence electrons. The average molecular weight is 432 g/mol. The van der Waals surface area contributed by atoms with Crippen LogP contribution in [0.1, 0.15) is 44.9 Å². The topological polar surface area (TPSA) is 80.8 Å². The molecule has 0 bridgehead atoms. The Hall–Kier alpha value is -2.61. The highest BCUT2D eigenvalue weighted by Gasteiger charge is 2.36. The zero-order chi connectivity index (χ0) is 21.9. The number of rotatable bonds is 5. The van der Waals surface area contributed by atoms with E-state index >= 15 is 0 Å². The average Bonchev–Trinajstić information content (AvgIpc) is 3.33. The Morgan fingerprint density at radius 2 is 2.10 bits per heavy atom. The van der Waals surface area contributed by atoms with Crippen LogP contribution in [0.25, 0.3) is 10.4 Å². The maximum absolute atomic E-state index is 12.8. The number of ether oxygens (including phenoxy) is 2. The minimum absolute atomic E-state index is 0.178. The predicted molar refractivity (Wildman–Crippen MR) is 117 cm³/mol. The van der Waals surface area contributed by atoms with E-state index in [-0.39, 0.29) is 5.91 Å². The van der Waals surface area contributed by atoms with E-state index in [1.54, 1.807) is 18.4 Å². The second kappa shape index (κ2) is 9.04. The standard InChI is InChI=1S/C22H29N3O4S/c1-14-19(30-13-24-14)15-8-9-16(18(11-15)28-5)12-23-20(26)17-7-6-10-25(17)21(27)29-22(2,3)4/h8-9,11,13,17H,6-7,10,12H2,1-5H3,(H,23,26). The van der Waals surface area contributed by atoms with E-state index in [9.17, 15) is 9.59 Å². The SMILES string of the molecule is COc1cc(-c2scnc2C)ccc1CNC(=O)C1CCCN1C(=O)OC(C)(C)C. The van der Waals surface area contributed by atoms with E-state index in [1.807, 2.05) is 51.4 Å². The van der Waals surface area contributed by atoms with Crippen LogP contribution in [0.5, 0.6) is 5.75 Å². The normalized spacial score (nSPS) is 16.4. The molecule has 7 nitrogen and oxygen atoms in total. The molecule has 1 atom stereocenters. The molecule has 1 N–H and O–H groups in total. The van der Waals surface area contributed by atoms with Gasteiger partial charge in [-0.3, -0.25) is 9.69 Å². The number of nitrogens with zero attached hydrogens (tertiary/aromatic N) is 2. The Labute approximate surface area is 181 Å². The lowest BCUT2D eigenvalue weighted by Crippen LogP contribution is -2.47. The van der Waals surface area contributed by atoms with Gasteiger partial charge in [-0.2, -0.15) is 0 Å². The first-order valence-electron chi connectivity index (χ1n) is 10.0. The molecule has 1 saturated heterocycles. The van der Waals surface area contributed by atoms with Crippen molar-refractivity contribution < 1.29 is 19.1 Å². The van der Waals surface area contributed by atoms with E-state index in [4.69, 9.17) is 9.47 Å². The van der Waals surface area contributed by atoms with Crippen LogP contribution in [0.15, 0.2) is 23.7 Å². The van der Waals surface area contributed by atoms with Crippen LogP contribution >= 0.6 is 11.3 Å². The molecule has 1 aromatic heterocycles. The summed E-state index contributed by atoms with van der Waals surface area (Å²) in [5.41, 5.74) is 4.12. The van der Waals surface area contributed by atoms with Crippen molar-refractivity contribution in [2.24, 2.45) is 0 Å². The fourth-order valence-corrected chi connectivity index (χ4v) is 4.29. The van der Waals surface area contributed by atoms with Crippen molar-refractivity contribution in [2.45, 2.75) is 58.7 Å². The van der Waals surface area contributed by atoms with Gasteiger partial charge < -0.3 is 14.8 Å². The number of hydrogen-bond acceptors (Lipinski definition) is 6. The third-order valence-corrected chi connectivity index (χ3v) is 5.91. The summed E-state index contributed by atoms with van der Waals surface area (Å²) in [6.45, 7) is 8.28. The Morgan fingerprint density at radius 1 is 1.33 bits per heavy atom. The van der Waals surface area contributed by atoms with Gasteiger partial charge in [-0.05, 0) is 52.2 Å². The maximum atomic E-state index is 12.8. The molecule has 2 amide bonds. The molecule has 0 radical (unpaired) electrons. The van der Waals surface area contributed by atoms with Gasteiger partial charge in [0.15, 0.2) is 0 Å². The number of hydrogen-bond donors (Lipinski definition) is 1. The molecule has 2 heterocycles. The molecule has 2 aromatic rings. The monoisotopic (exact) mass is 431 g/mol. The van der Waals surface area contributed by atoms with Crippen molar-refractivity contribution >= 4 is 23.3 Å². The van der Waals surface area contributed by atoms with Crippen molar-refractivity contribution in [2.75, 3.05) is 13.7 Å². The third-order valence-electron chi connectivity index (χ3n) is 4.93. The highest BCUT2D eigenvalue weighted by Crippen LogP contribution is 2.32. The Bertz CT molecular complexity index is 919. The summed E-state index contributed by atoms with van der Waals surface area (Å²) in [6, 6.07) is 5.41. The predicted octanol–water partition coefficient (Wildman–Crippen LogP) is 4.14. The Balaban J connectivity index is 1.66. The van der Waals surface area contributed by atoms with Crippen LogP contribution in [0.4, 0.5) is 4.79 Å². The van der Waals surface area contributed by atoms with Crippen molar-refractivity contribution in [3.8, 4) is 16.2 Å². The van der Waals surface area contributed by atoms with Crippen LogP contribution in [-0.2, 0) is 16.1 Å². The molecule has 0 spiro atoms. The molecule has 1 fully saturated rings. The minimum atomic E-state index is -0.591. The largest absolute Gasteiger partial charge is 0.496 e. The van der Waals surface area contributed by atoms with Crippen LogP contribution in [0.2, 0.25) is 0 Å². The van der Waals surface area contributed by atoms with Crippen molar-refractivity contribution in [1.82, 2.24) is 15.2 Å². The van der Waals surface area contributed by atoms with E-state index < -0.39 is 17.7 Å². The van der Waals surface area contributed by atoms with Crippen molar-refractivity contribution in [1.29, 1.82) is 0 Å². The maximum Gasteiger partial charge on any atom is 0.410 e. The lowest BCUT2D eigenvalue weighted by Gasteiger charge is -2.28. The van der Waals surface area contributed by atoms with E-state index in [0.29, 0.717) is 25.3 Å². The zero-order valence-electron chi connectivity index (χ0n) is 18.2. The number of nitrogens with one attached hydrogen (secondary N) is 1. The Morgan fingerprint density at radius 3 is 2.73 bits per heavy atom. The number of methoxy groups -OCH3 is 1. The van der Waals surface area contributed by atoms with Crippen molar-refractivity contribution in [3.63, 3.8) is 0 Å². The van der Waals surface area contributed by atoms with E-state index in [0.717, 1.165) is 28.1 Å². The quantitative estimate of drug-likeness (QED) is 0.769. The van der Waals surface area contributed by atoms with Crippen LogP contribution in [-0.4, -0.2) is 47.2 Å². The molecular weight excluding hydrogens is 402 g/mol. The van der Waals surface area contributed by atoms with Gasteiger partial charge in [-0.25, -0.2) is 9.78 Å². The highest BCUT2D eigenvalue weighted by atomic mass is 32.1. The molecule has 1 aliphatic rings. The van der Waals surface area contributed by atoms with Gasteiger partial charge in [0, 0.05) is 18.7 Å². The van der Waals surface area contributed by atoms with Gasteiger partial charge in [-0.1, -0.05) is 12.1 Å². The van der Waals surface area contributed by atoms with Gasteiger partial charge in [0.2, 0.25) is 5.91 Å². The second-order valence-electron chi connectivity index (χ2n) is 8.34. The first-order chi connectivity index (χ1) is 14.2. The second-order valence-corrected chi connectivity index (χ2v) is 9.20. The first-order valence-corrected chi connectivity index (χ1v) is 10.9. The van der Waals surface area contributed by atoms with Gasteiger partial charge in [0.1, 0.15) is 17.4 Å². The molecule has 0 saturated carbocycles. The number of carbonyl (C=O) groups is 2. The molecule has 30 heavy (non-hydrogen) atoms. The van der Waals surface area contributed by atoms with E-state index in [1.165, 1.54) is 4.90 Å². The number of likely N-dealkylation sites (tertiary alicyclic amines) is 1. The molecule has 3 rings (SSSR count). The number of aromatic nitrogens is 1. The summed E-state index contributed by atoms with van der Waals surface area (Å²) < 4.78 is 11.0. The highest BCUT2D eigenvalue weighted by molar-refractivity contribution is 7.13. The molecule has 8 heteroatoms. The summed E-state index contributed by atoms with van der Waals surface area (Å²) in [5, 5.41) is 2.95. The lowest BCUT2D eigenvalue weighted by molar-refractivity contribution is -0.125. The zero-order valence-corrected chi connectivity index (χ0v) is 19.0. The number of benzene rings is 1. The van der Waals surface area contributed by atoms with Crippen LogP contribution in [0.3, 0.4) is 0 Å². The molecule has 1 aromatic carbocycles. The Kier molecular flexibility index (Phi) is 6.65. The molecule has 1 unspecified atom stereocenters. The van der Waals surface area contributed by atoms with Crippen molar-refractivity contribution in [3.05, 3.63) is 35.0 Å². The summed E-state index contributed by atoms with van der Waals surface area (Å²) >= 11 is 1.58. The van der Waals surface area contributed by atoms with Gasteiger partial charge in [0.05, 0.1) is 23.2 Å². The van der Waals surface area contributed by atoms with Crippen LogP contribution < -0.4 is 10.1 Å². The molecule has 0 aliphatic carbocycles. The third kappa shape index (κ3) is 5.11. The van der Waals surface area contributed by atoms with Gasteiger partial charge in [-0.15, -0.1) is 11.3 Å². The molecular formula is C22H29N3O4S. The molecule has 1 aliphatic heterocycles. The first kappa shape index (κ1) is 22.1. The minimum Gasteiger partial charge on any atom is -0.496 e. The summed E-state index contributed by atoms with van der Waals surface area (Å²) in [7, 11) is 1.62. The lowest BCUT2D eigenvalue weighted by atomic mass is 10.1. The summed E-state index contributed by atoms with van der Waals surface area (Å²) in [6.07, 6.45) is 0.969. The van der Waals surface area contributed by atoms with Gasteiger partial charge >= 0.3 is 6.09 Å².